The SMILES string of the molecule is NNC(=O)C(=O)NN1CCOCC1. The van der Waals surface area contributed by atoms with Crippen molar-refractivity contribution in [1.82, 2.24) is 15.9 Å². The van der Waals surface area contributed by atoms with E-state index >= 15 is 0 Å². The second kappa shape index (κ2) is 4.75. The Balaban J connectivity index is 2.30. The summed E-state index contributed by atoms with van der Waals surface area (Å²) in [6.45, 7) is 2.24. The van der Waals surface area contributed by atoms with E-state index in [-0.39, 0.29) is 0 Å². The first-order valence-corrected chi connectivity index (χ1v) is 3.88. The van der Waals surface area contributed by atoms with E-state index in [4.69, 9.17) is 10.6 Å². The Morgan fingerprint density at radius 2 is 1.85 bits per heavy atom. The molecule has 0 aromatic heterocycles. The molecule has 0 radical (unpaired) electrons. The lowest BCUT2D eigenvalue weighted by Crippen LogP contribution is -2.53. The molecule has 0 aromatic rings. The average molecular weight is 188 g/mol. The van der Waals surface area contributed by atoms with Gasteiger partial charge in [0.05, 0.1) is 13.2 Å². The summed E-state index contributed by atoms with van der Waals surface area (Å²) in [6, 6.07) is 0. The van der Waals surface area contributed by atoms with Crippen molar-refractivity contribution in [3.8, 4) is 0 Å². The van der Waals surface area contributed by atoms with E-state index in [1.54, 1.807) is 10.4 Å². The summed E-state index contributed by atoms with van der Waals surface area (Å²) in [7, 11) is 0. The van der Waals surface area contributed by atoms with E-state index in [2.05, 4.69) is 5.43 Å². The lowest BCUT2D eigenvalue weighted by atomic mass is 10.5. The van der Waals surface area contributed by atoms with Crippen molar-refractivity contribution >= 4 is 11.8 Å². The molecule has 0 saturated carbocycles. The third-order valence-corrected chi connectivity index (χ3v) is 1.61. The van der Waals surface area contributed by atoms with Crippen LogP contribution in [0.2, 0.25) is 0 Å². The molecule has 4 N–H and O–H groups in total. The van der Waals surface area contributed by atoms with Crippen molar-refractivity contribution < 1.29 is 14.3 Å². The fourth-order valence-electron chi connectivity index (χ4n) is 0.935. The normalized spacial score (nSPS) is 17.9. The van der Waals surface area contributed by atoms with Gasteiger partial charge in [0.15, 0.2) is 0 Å². The summed E-state index contributed by atoms with van der Waals surface area (Å²) in [5, 5.41) is 1.61. The van der Waals surface area contributed by atoms with Crippen molar-refractivity contribution in [2.75, 3.05) is 26.3 Å². The van der Waals surface area contributed by atoms with Crippen molar-refractivity contribution in [2.45, 2.75) is 0 Å². The highest BCUT2D eigenvalue weighted by Gasteiger charge is 2.17. The highest BCUT2D eigenvalue weighted by Crippen LogP contribution is 1.91. The molecule has 1 aliphatic heterocycles. The number of hydrazine groups is 2. The van der Waals surface area contributed by atoms with Crippen LogP contribution >= 0.6 is 0 Å². The molecule has 1 rings (SSSR count). The molecule has 2 amide bonds. The Hall–Kier alpha value is -1.18. The first-order valence-electron chi connectivity index (χ1n) is 3.88. The summed E-state index contributed by atoms with van der Waals surface area (Å²) in [6.07, 6.45) is 0. The maximum atomic E-state index is 11.0. The predicted molar refractivity (Wildman–Crippen MR) is 42.9 cm³/mol. The molecule has 1 aliphatic rings. The summed E-state index contributed by atoms with van der Waals surface area (Å²) >= 11 is 0. The molecule has 0 aromatic carbocycles. The number of nitrogens with zero attached hydrogens (tertiary/aromatic N) is 1. The Bertz CT molecular complexity index is 202. The summed E-state index contributed by atoms with van der Waals surface area (Å²) in [5.41, 5.74) is 4.14. The zero-order valence-electron chi connectivity index (χ0n) is 7.08. The largest absolute Gasteiger partial charge is 0.379 e. The third kappa shape index (κ3) is 2.98. The van der Waals surface area contributed by atoms with Gasteiger partial charge in [0.2, 0.25) is 0 Å². The van der Waals surface area contributed by atoms with Gasteiger partial charge in [-0.05, 0) is 0 Å². The molecule has 7 nitrogen and oxygen atoms in total. The maximum absolute atomic E-state index is 11.0. The van der Waals surface area contributed by atoms with Gasteiger partial charge in [-0.1, -0.05) is 0 Å². The minimum atomic E-state index is -0.855. The van der Waals surface area contributed by atoms with Gasteiger partial charge < -0.3 is 4.74 Å². The summed E-state index contributed by atoms with van der Waals surface area (Å²) in [5.74, 6) is 3.16. The number of nitrogens with one attached hydrogen (secondary N) is 2. The van der Waals surface area contributed by atoms with Crippen molar-refractivity contribution in [1.29, 1.82) is 0 Å². The number of morpholine rings is 1. The smallest absolute Gasteiger partial charge is 0.324 e. The van der Waals surface area contributed by atoms with Crippen LogP contribution in [0, 0.1) is 0 Å². The molecule has 1 heterocycles. The van der Waals surface area contributed by atoms with E-state index in [1.807, 2.05) is 0 Å². The van der Waals surface area contributed by atoms with E-state index in [0.717, 1.165) is 0 Å². The molecular formula is C6H12N4O3. The first-order chi connectivity index (χ1) is 6.24. The fraction of sp³-hybridized carbons (Fsp3) is 0.667. The first kappa shape index (κ1) is 9.90. The van der Waals surface area contributed by atoms with E-state index in [1.165, 1.54) is 0 Å². The fourth-order valence-corrected chi connectivity index (χ4v) is 0.935. The Labute approximate surface area is 75.1 Å². The van der Waals surface area contributed by atoms with Crippen LogP contribution in [0.1, 0.15) is 0 Å². The average Bonchev–Trinajstić information content (AvgIpc) is 2.18. The molecular weight excluding hydrogens is 176 g/mol. The van der Waals surface area contributed by atoms with Crippen LogP contribution in [-0.2, 0) is 14.3 Å². The number of rotatable bonds is 1. The van der Waals surface area contributed by atoms with Crippen LogP contribution in [0.5, 0.6) is 0 Å². The molecule has 7 heteroatoms. The molecule has 0 aliphatic carbocycles. The molecule has 0 unspecified atom stereocenters. The van der Waals surface area contributed by atoms with Crippen LogP contribution in [0.15, 0.2) is 0 Å². The van der Waals surface area contributed by atoms with Gasteiger partial charge >= 0.3 is 11.8 Å². The third-order valence-electron chi connectivity index (χ3n) is 1.61. The van der Waals surface area contributed by atoms with Gasteiger partial charge in [0, 0.05) is 13.1 Å². The van der Waals surface area contributed by atoms with Crippen LogP contribution in [-0.4, -0.2) is 43.1 Å². The zero-order valence-corrected chi connectivity index (χ0v) is 7.08. The van der Waals surface area contributed by atoms with E-state index in [9.17, 15) is 9.59 Å². The monoisotopic (exact) mass is 188 g/mol. The van der Waals surface area contributed by atoms with Crippen molar-refractivity contribution in [3.63, 3.8) is 0 Å². The lowest BCUT2D eigenvalue weighted by molar-refractivity contribution is -0.143. The number of hydrogen-bond donors (Lipinski definition) is 3. The number of carbonyl (C=O) groups excluding carboxylic acids is 2. The van der Waals surface area contributed by atoms with E-state index in [0.29, 0.717) is 26.3 Å². The number of amides is 2. The number of ether oxygens (including phenoxy) is 1. The lowest BCUT2D eigenvalue weighted by Gasteiger charge is -2.26. The topological polar surface area (TPSA) is 96.7 Å². The second-order valence-electron chi connectivity index (χ2n) is 2.51. The molecule has 0 bridgehead atoms. The maximum Gasteiger partial charge on any atom is 0.324 e. The highest BCUT2D eigenvalue weighted by atomic mass is 16.5. The molecule has 0 spiro atoms. The number of carbonyl (C=O) groups is 2. The van der Waals surface area contributed by atoms with Gasteiger partial charge in [0.1, 0.15) is 0 Å². The van der Waals surface area contributed by atoms with Crippen LogP contribution in [0.4, 0.5) is 0 Å². The Morgan fingerprint density at radius 1 is 1.23 bits per heavy atom. The molecule has 0 atom stereocenters. The number of nitrogens with two attached hydrogens (primary N) is 1. The minimum Gasteiger partial charge on any atom is -0.379 e. The molecule has 1 saturated heterocycles. The van der Waals surface area contributed by atoms with Crippen LogP contribution in [0.25, 0.3) is 0 Å². The molecule has 13 heavy (non-hydrogen) atoms. The van der Waals surface area contributed by atoms with Gasteiger partial charge in [0.25, 0.3) is 0 Å². The summed E-state index contributed by atoms with van der Waals surface area (Å²) < 4.78 is 5.05. The predicted octanol–water partition coefficient (Wildman–Crippen LogP) is -2.66. The van der Waals surface area contributed by atoms with Gasteiger partial charge in [-0.25, -0.2) is 10.9 Å². The van der Waals surface area contributed by atoms with Gasteiger partial charge in [-0.2, -0.15) is 0 Å². The minimum absolute atomic E-state index is 0.546. The molecule has 1 fully saturated rings. The zero-order chi connectivity index (χ0) is 9.68. The van der Waals surface area contributed by atoms with E-state index < -0.39 is 11.8 Å². The number of hydrogen-bond acceptors (Lipinski definition) is 5. The standard InChI is InChI=1S/C6H12N4O3/c7-8-5(11)6(12)9-10-1-3-13-4-2-10/h1-4,7H2,(H,8,11)(H,9,12). The van der Waals surface area contributed by atoms with Crippen LogP contribution in [0.3, 0.4) is 0 Å². The Kier molecular flexibility index (Phi) is 3.62. The summed E-state index contributed by atoms with van der Waals surface area (Å²) in [4.78, 5) is 21.6. The highest BCUT2D eigenvalue weighted by molar-refractivity contribution is 6.34. The Morgan fingerprint density at radius 3 is 2.38 bits per heavy atom. The van der Waals surface area contributed by atoms with Gasteiger partial charge in [-0.15, -0.1) is 0 Å². The van der Waals surface area contributed by atoms with Crippen LogP contribution < -0.4 is 16.7 Å². The van der Waals surface area contributed by atoms with Gasteiger partial charge in [-0.3, -0.25) is 20.4 Å². The quantitative estimate of drug-likeness (QED) is 0.181. The second-order valence-corrected chi connectivity index (χ2v) is 2.51. The van der Waals surface area contributed by atoms with Crippen molar-refractivity contribution in [2.24, 2.45) is 5.84 Å². The van der Waals surface area contributed by atoms with Crippen molar-refractivity contribution in [3.05, 3.63) is 0 Å². The molecule has 74 valence electrons.